The van der Waals surface area contributed by atoms with E-state index >= 15 is 0 Å². The Morgan fingerprint density at radius 3 is 2.34 bits per heavy atom. The highest BCUT2D eigenvalue weighted by Gasteiger charge is 2.42. The molecule has 1 N–H and O–H groups in total. The van der Waals surface area contributed by atoms with Gasteiger partial charge in [-0.05, 0) is 54.8 Å². The van der Waals surface area contributed by atoms with E-state index in [1.807, 2.05) is 6.07 Å². The molecule has 0 aliphatic carbocycles. The summed E-state index contributed by atoms with van der Waals surface area (Å²) < 4.78 is 63.9. The molecular weight excluding hydrogens is 456 g/mol. The predicted molar refractivity (Wildman–Crippen MR) is 120 cm³/mol. The second-order valence-corrected chi connectivity index (χ2v) is 11.2. The van der Waals surface area contributed by atoms with Gasteiger partial charge in [0.25, 0.3) is 0 Å². The molecule has 32 heavy (non-hydrogen) atoms. The lowest BCUT2D eigenvalue weighted by molar-refractivity contribution is -0.119. The van der Waals surface area contributed by atoms with Gasteiger partial charge in [0.1, 0.15) is 0 Å². The molecule has 0 spiro atoms. The third-order valence-electron chi connectivity index (χ3n) is 5.20. The number of nitrogens with one attached hydrogen (secondary N) is 1. The number of sulfonamides is 2. The number of hydrogen-bond acceptors (Lipinski definition) is 7. The second-order valence-electron chi connectivity index (χ2n) is 7.57. The van der Waals surface area contributed by atoms with E-state index in [0.29, 0.717) is 23.5 Å². The first-order chi connectivity index (χ1) is 15.0. The van der Waals surface area contributed by atoms with Crippen molar-refractivity contribution in [3.05, 3.63) is 47.5 Å². The van der Waals surface area contributed by atoms with Crippen molar-refractivity contribution in [2.75, 3.05) is 30.8 Å². The first-order valence-electron chi connectivity index (χ1n) is 9.88. The van der Waals surface area contributed by atoms with Gasteiger partial charge in [-0.2, -0.15) is 0 Å². The zero-order valence-corrected chi connectivity index (χ0v) is 19.9. The Balaban J connectivity index is 1.74. The number of hydrogen-bond donors (Lipinski definition) is 1. The molecule has 11 heteroatoms. The zero-order valence-electron chi connectivity index (χ0n) is 18.3. The van der Waals surface area contributed by atoms with Gasteiger partial charge in [-0.1, -0.05) is 13.0 Å². The van der Waals surface area contributed by atoms with Crippen molar-refractivity contribution in [3.8, 4) is 11.5 Å². The molecule has 2 aromatic rings. The maximum Gasteiger partial charge on any atom is 0.244 e. The van der Waals surface area contributed by atoms with Crippen LogP contribution in [0.2, 0.25) is 0 Å². The summed E-state index contributed by atoms with van der Waals surface area (Å²) in [4.78, 5) is 12.3. The number of aryl methyl sites for hydroxylation is 1. The van der Waals surface area contributed by atoms with Crippen LogP contribution in [0.1, 0.15) is 18.1 Å². The van der Waals surface area contributed by atoms with Gasteiger partial charge in [-0.25, -0.2) is 25.9 Å². The molecule has 9 nitrogen and oxygen atoms in total. The van der Waals surface area contributed by atoms with Crippen molar-refractivity contribution >= 4 is 31.6 Å². The third-order valence-corrected chi connectivity index (χ3v) is 8.69. The molecule has 0 aromatic heterocycles. The Hall–Kier alpha value is -2.63. The van der Waals surface area contributed by atoms with Crippen molar-refractivity contribution < 1.29 is 31.1 Å². The molecule has 0 saturated carbocycles. The lowest BCUT2D eigenvalue weighted by Crippen LogP contribution is -2.30. The van der Waals surface area contributed by atoms with Crippen LogP contribution in [0.4, 0.5) is 5.69 Å². The van der Waals surface area contributed by atoms with Crippen molar-refractivity contribution in [1.29, 1.82) is 0 Å². The van der Waals surface area contributed by atoms with E-state index in [9.17, 15) is 21.6 Å². The average Bonchev–Trinajstić information content (AvgIpc) is 2.93. The van der Waals surface area contributed by atoms with E-state index < -0.39 is 31.9 Å². The van der Waals surface area contributed by atoms with Crippen LogP contribution in [0.5, 0.6) is 11.5 Å². The summed E-state index contributed by atoms with van der Waals surface area (Å²) in [6, 6.07) is 9.40. The molecule has 1 aliphatic heterocycles. The van der Waals surface area contributed by atoms with Crippen LogP contribution < -0.4 is 18.5 Å². The minimum atomic E-state index is -3.84. The van der Waals surface area contributed by atoms with Crippen molar-refractivity contribution in [3.63, 3.8) is 0 Å². The van der Waals surface area contributed by atoms with E-state index in [2.05, 4.69) is 4.72 Å². The lowest BCUT2D eigenvalue weighted by Gasteiger charge is -2.17. The summed E-state index contributed by atoms with van der Waals surface area (Å²) in [6.45, 7) is 3.26. The highest BCUT2D eigenvalue weighted by molar-refractivity contribution is 7.94. The summed E-state index contributed by atoms with van der Waals surface area (Å²) in [5.74, 6) is -0.279. The van der Waals surface area contributed by atoms with Gasteiger partial charge in [-0.3, -0.25) is 4.79 Å². The fourth-order valence-corrected chi connectivity index (χ4v) is 6.66. The first-order valence-corrected chi connectivity index (χ1v) is 13.0. The zero-order chi connectivity index (χ0) is 23.7. The standard InChI is InChI=1S/C21H26N2O7S2/c1-14-11-17(23-21(24)15(2)13-31(23,25)26)6-8-20(14)32(27,28)22-10-9-16-5-7-18(29-3)19(12-16)30-4/h5-8,11-12,15,22H,9-10,13H2,1-4H3/t15-/m1/s1. The van der Waals surface area contributed by atoms with Gasteiger partial charge in [0, 0.05) is 6.54 Å². The van der Waals surface area contributed by atoms with Crippen LogP contribution in [0.3, 0.4) is 0 Å². The SMILES string of the molecule is COc1ccc(CCNS(=O)(=O)c2ccc(N3C(=O)[C@H](C)CS3(=O)=O)cc2C)cc1OC. The van der Waals surface area contributed by atoms with Gasteiger partial charge in [0.05, 0.1) is 36.5 Å². The van der Waals surface area contributed by atoms with Gasteiger partial charge in [0.2, 0.25) is 26.0 Å². The molecule has 2 aromatic carbocycles. The minimum Gasteiger partial charge on any atom is -0.493 e. The van der Waals surface area contributed by atoms with Gasteiger partial charge < -0.3 is 9.47 Å². The molecule has 0 radical (unpaired) electrons. The fourth-order valence-electron chi connectivity index (χ4n) is 3.59. The average molecular weight is 483 g/mol. The largest absolute Gasteiger partial charge is 0.493 e. The molecule has 1 fully saturated rings. The molecule has 1 aliphatic rings. The molecule has 0 unspecified atom stereocenters. The maximum atomic E-state index is 12.8. The summed E-state index contributed by atoms with van der Waals surface area (Å²) >= 11 is 0. The number of anilines is 1. The van der Waals surface area contributed by atoms with E-state index in [-0.39, 0.29) is 22.9 Å². The van der Waals surface area contributed by atoms with E-state index in [1.165, 1.54) is 32.4 Å². The van der Waals surface area contributed by atoms with Crippen molar-refractivity contribution in [2.45, 2.75) is 25.2 Å². The van der Waals surface area contributed by atoms with Crippen LogP contribution in [0, 0.1) is 12.8 Å². The number of carbonyl (C=O) groups excluding carboxylic acids is 1. The van der Waals surface area contributed by atoms with Gasteiger partial charge in [0.15, 0.2) is 11.5 Å². The van der Waals surface area contributed by atoms with Gasteiger partial charge in [-0.15, -0.1) is 0 Å². The van der Waals surface area contributed by atoms with Crippen molar-refractivity contribution in [2.24, 2.45) is 5.92 Å². The molecule has 1 heterocycles. The Bertz CT molecular complexity index is 1240. The van der Waals surface area contributed by atoms with Crippen molar-refractivity contribution in [1.82, 2.24) is 4.72 Å². The van der Waals surface area contributed by atoms with Crippen LogP contribution in [0.15, 0.2) is 41.3 Å². The Kier molecular flexibility index (Phi) is 6.82. The van der Waals surface area contributed by atoms with E-state index in [1.54, 1.807) is 26.0 Å². The molecular formula is C21H26N2O7S2. The number of methoxy groups -OCH3 is 2. The van der Waals surface area contributed by atoms with Crippen LogP contribution in [-0.4, -0.2) is 49.3 Å². The van der Waals surface area contributed by atoms with E-state index in [0.717, 1.165) is 9.87 Å². The Morgan fingerprint density at radius 2 is 1.78 bits per heavy atom. The monoisotopic (exact) mass is 482 g/mol. The highest BCUT2D eigenvalue weighted by atomic mass is 32.2. The van der Waals surface area contributed by atoms with Crippen LogP contribution in [-0.2, 0) is 31.3 Å². The number of carbonyl (C=O) groups is 1. The quantitative estimate of drug-likeness (QED) is 0.610. The van der Waals surface area contributed by atoms with Crippen LogP contribution >= 0.6 is 0 Å². The van der Waals surface area contributed by atoms with E-state index in [4.69, 9.17) is 9.47 Å². The second kappa shape index (κ2) is 9.08. The molecule has 0 bridgehead atoms. The Morgan fingerprint density at radius 1 is 1.09 bits per heavy atom. The number of ether oxygens (including phenoxy) is 2. The number of nitrogens with zero attached hydrogens (tertiary/aromatic N) is 1. The molecule has 1 atom stereocenters. The topological polar surface area (TPSA) is 119 Å². The fraction of sp³-hybridized carbons (Fsp3) is 0.381. The molecule has 3 rings (SSSR count). The number of benzene rings is 2. The smallest absolute Gasteiger partial charge is 0.244 e. The first kappa shape index (κ1) is 24.0. The maximum absolute atomic E-state index is 12.8. The number of rotatable bonds is 8. The summed E-state index contributed by atoms with van der Waals surface area (Å²) in [5.41, 5.74) is 1.34. The third kappa shape index (κ3) is 4.74. The van der Waals surface area contributed by atoms with Gasteiger partial charge >= 0.3 is 0 Å². The summed E-state index contributed by atoms with van der Waals surface area (Å²) in [5, 5.41) is 0. The molecule has 1 amide bonds. The lowest BCUT2D eigenvalue weighted by atomic mass is 10.1. The predicted octanol–water partition coefficient (Wildman–Crippen LogP) is 1.85. The molecule has 174 valence electrons. The van der Waals surface area contributed by atoms with Crippen LogP contribution in [0.25, 0.3) is 0 Å². The molecule has 1 saturated heterocycles. The normalized spacial score (nSPS) is 18.1. The Labute approximate surface area is 188 Å². The summed E-state index contributed by atoms with van der Waals surface area (Å²) in [7, 11) is -4.54. The summed E-state index contributed by atoms with van der Waals surface area (Å²) in [6.07, 6.45) is 0.426. The minimum absolute atomic E-state index is 0.0191. The number of amides is 1. The highest BCUT2D eigenvalue weighted by Crippen LogP contribution is 2.31.